The number of carbonyl (C=O) groups is 1. The van der Waals surface area contributed by atoms with E-state index < -0.39 is 11.4 Å². The number of hydrogen-bond acceptors (Lipinski definition) is 3. The number of nitrogens with zero attached hydrogens (tertiary/aromatic N) is 1. The van der Waals surface area contributed by atoms with Gasteiger partial charge in [0.1, 0.15) is 0 Å². The van der Waals surface area contributed by atoms with Crippen molar-refractivity contribution < 1.29 is 9.90 Å². The van der Waals surface area contributed by atoms with Gasteiger partial charge in [-0.3, -0.25) is 4.79 Å². The number of carboxylic acid groups (broad SMARTS) is 1. The van der Waals surface area contributed by atoms with Gasteiger partial charge in [0.2, 0.25) is 0 Å². The minimum atomic E-state index is -0.585. The molecule has 118 valence electrons. The molecule has 0 unspecified atom stereocenters. The van der Waals surface area contributed by atoms with E-state index in [9.17, 15) is 9.90 Å². The van der Waals surface area contributed by atoms with Crippen LogP contribution in [0.2, 0.25) is 0 Å². The molecule has 1 saturated carbocycles. The van der Waals surface area contributed by atoms with Crippen LogP contribution in [0.25, 0.3) is 0 Å². The van der Waals surface area contributed by atoms with Gasteiger partial charge in [0.25, 0.3) is 0 Å². The number of aromatic nitrogens is 1. The molecular formula is C17H27NO2S. The fraction of sp³-hybridized carbons (Fsp3) is 0.765. The molecule has 1 aliphatic rings. The SMILES string of the molecule is CCCCC1CCC(CCc2scnc2C)(C(=O)O)CC1. The van der Waals surface area contributed by atoms with Crippen LogP contribution in [0, 0.1) is 18.3 Å². The molecule has 0 aliphatic heterocycles. The van der Waals surface area contributed by atoms with E-state index in [1.54, 1.807) is 11.3 Å². The van der Waals surface area contributed by atoms with E-state index >= 15 is 0 Å². The molecule has 0 radical (unpaired) electrons. The fourth-order valence-corrected chi connectivity index (χ4v) is 4.28. The van der Waals surface area contributed by atoms with Gasteiger partial charge in [-0.1, -0.05) is 26.2 Å². The molecule has 1 N–H and O–H groups in total. The van der Waals surface area contributed by atoms with Gasteiger partial charge in [0, 0.05) is 4.88 Å². The molecule has 0 bridgehead atoms. The molecule has 1 fully saturated rings. The molecule has 0 aromatic carbocycles. The van der Waals surface area contributed by atoms with Gasteiger partial charge in [0.05, 0.1) is 16.6 Å². The number of carboxylic acids is 1. The van der Waals surface area contributed by atoms with Crippen molar-refractivity contribution in [3.05, 3.63) is 16.1 Å². The first kappa shape index (κ1) is 16.5. The molecule has 21 heavy (non-hydrogen) atoms. The van der Waals surface area contributed by atoms with Gasteiger partial charge < -0.3 is 5.11 Å². The van der Waals surface area contributed by atoms with E-state index in [0.29, 0.717) is 0 Å². The molecule has 4 heteroatoms. The van der Waals surface area contributed by atoms with Crippen LogP contribution in [0.1, 0.15) is 68.9 Å². The second kappa shape index (κ2) is 7.39. The molecule has 0 atom stereocenters. The molecule has 0 amide bonds. The van der Waals surface area contributed by atoms with E-state index in [-0.39, 0.29) is 0 Å². The third-order valence-corrected chi connectivity index (χ3v) is 6.15. The Morgan fingerprint density at radius 3 is 2.71 bits per heavy atom. The molecule has 1 aromatic rings. The second-order valence-corrected chi connectivity index (χ2v) is 7.47. The normalized spacial score (nSPS) is 25.9. The Kier molecular flexibility index (Phi) is 5.80. The molecule has 1 heterocycles. The largest absolute Gasteiger partial charge is 0.481 e. The van der Waals surface area contributed by atoms with Crippen molar-refractivity contribution >= 4 is 17.3 Å². The zero-order valence-electron chi connectivity index (χ0n) is 13.2. The molecular weight excluding hydrogens is 282 g/mol. The number of rotatable bonds is 7. The Balaban J connectivity index is 1.93. The Bertz CT molecular complexity index is 461. The van der Waals surface area contributed by atoms with Crippen molar-refractivity contribution in [1.29, 1.82) is 0 Å². The van der Waals surface area contributed by atoms with Crippen LogP contribution in [0.5, 0.6) is 0 Å². The zero-order chi connectivity index (χ0) is 15.3. The van der Waals surface area contributed by atoms with E-state index in [0.717, 1.165) is 50.1 Å². The summed E-state index contributed by atoms with van der Waals surface area (Å²) < 4.78 is 0. The second-order valence-electron chi connectivity index (χ2n) is 6.53. The predicted molar refractivity (Wildman–Crippen MR) is 86.7 cm³/mol. The maximum Gasteiger partial charge on any atom is 0.309 e. The summed E-state index contributed by atoms with van der Waals surface area (Å²) in [6.45, 7) is 4.24. The summed E-state index contributed by atoms with van der Waals surface area (Å²) in [5.41, 5.74) is 2.44. The fourth-order valence-electron chi connectivity index (χ4n) is 3.50. The van der Waals surface area contributed by atoms with Crippen LogP contribution in [0.4, 0.5) is 0 Å². The third-order valence-electron chi connectivity index (χ3n) is 5.16. The Labute approximate surface area is 131 Å². The minimum Gasteiger partial charge on any atom is -0.481 e. The lowest BCUT2D eigenvalue weighted by Crippen LogP contribution is -2.36. The van der Waals surface area contributed by atoms with Gasteiger partial charge in [-0.2, -0.15) is 0 Å². The molecule has 1 aromatic heterocycles. The van der Waals surface area contributed by atoms with Gasteiger partial charge in [-0.15, -0.1) is 11.3 Å². The summed E-state index contributed by atoms with van der Waals surface area (Å²) in [5, 5.41) is 9.74. The molecule has 1 aliphatic carbocycles. The number of hydrogen-bond donors (Lipinski definition) is 1. The lowest BCUT2D eigenvalue weighted by molar-refractivity contribution is -0.152. The maximum absolute atomic E-state index is 11.8. The highest BCUT2D eigenvalue weighted by atomic mass is 32.1. The van der Waals surface area contributed by atoms with Crippen molar-refractivity contribution in [3.8, 4) is 0 Å². The highest BCUT2D eigenvalue weighted by Gasteiger charge is 2.41. The molecule has 0 spiro atoms. The number of aryl methyl sites for hydroxylation is 2. The minimum absolute atomic E-state index is 0.487. The summed E-state index contributed by atoms with van der Waals surface area (Å²) >= 11 is 1.66. The number of thiazole rings is 1. The quantitative estimate of drug-likeness (QED) is 0.784. The number of aliphatic carboxylic acids is 1. The summed E-state index contributed by atoms with van der Waals surface area (Å²) in [5.74, 6) is 0.168. The van der Waals surface area contributed by atoms with Crippen LogP contribution >= 0.6 is 11.3 Å². The highest BCUT2D eigenvalue weighted by Crippen LogP contribution is 2.44. The maximum atomic E-state index is 11.8. The van der Waals surface area contributed by atoms with Gasteiger partial charge in [-0.05, 0) is 51.4 Å². The first-order chi connectivity index (χ1) is 10.1. The topological polar surface area (TPSA) is 50.2 Å². The summed E-state index contributed by atoms with van der Waals surface area (Å²) in [6.07, 6.45) is 9.33. The average Bonchev–Trinajstić information content (AvgIpc) is 2.89. The molecule has 3 nitrogen and oxygen atoms in total. The monoisotopic (exact) mass is 309 g/mol. The van der Waals surface area contributed by atoms with Crippen molar-refractivity contribution in [2.75, 3.05) is 0 Å². The average molecular weight is 309 g/mol. The van der Waals surface area contributed by atoms with Crippen molar-refractivity contribution in [2.24, 2.45) is 11.3 Å². The van der Waals surface area contributed by atoms with Crippen LogP contribution in [0.3, 0.4) is 0 Å². The first-order valence-corrected chi connectivity index (χ1v) is 9.08. The van der Waals surface area contributed by atoms with E-state index in [2.05, 4.69) is 11.9 Å². The standard InChI is InChI=1S/C17H27NO2S/c1-3-4-5-14-6-9-17(10-7-14,16(19)20)11-8-15-13(2)18-12-21-15/h12,14H,3-11H2,1-2H3,(H,19,20). The highest BCUT2D eigenvalue weighted by molar-refractivity contribution is 7.09. The van der Waals surface area contributed by atoms with Crippen molar-refractivity contribution in [2.45, 2.75) is 71.6 Å². The predicted octanol–water partition coefficient (Wildman–Crippen LogP) is 4.84. The lowest BCUT2D eigenvalue weighted by Gasteiger charge is -2.37. The number of unbranched alkanes of at least 4 members (excludes halogenated alkanes) is 1. The lowest BCUT2D eigenvalue weighted by atomic mass is 9.67. The summed E-state index contributed by atoms with van der Waals surface area (Å²) in [6, 6.07) is 0. The summed E-state index contributed by atoms with van der Waals surface area (Å²) in [7, 11) is 0. The van der Waals surface area contributed by atoms with Gasteiger partial charge in [-0.25, -0.2) is 4.98 Å². The Morgan fingerprint density at radius 2 is 2.19 bits per heavy atom. The zero-order valence-corrected chi connectivity index (χ0v) is 14.0. The summed E-state index contributed by atoms with van der Waals surface area (Å²) in [4.78, 5) is 17.3. The Morgan fingerprint density at radius 1 is 1.48 bits per heavy atom. The smallest absolute Gasteiger partial charge is 0.309 e. The third kappa shape index (κ3) is 4.06. The van der Waals surface area contributed by atoms with Crippen LogP contribution < -0.4 is 0 Å². The first-order valence-electron chi connectivity index (χ1n) is 8.20. The van der Waals surface area contributed by atoms with Crippen LogP contribution in [-0.4, -0.2) is 16.1 Å². The van der Waals surface area contributed by atoms with Gasteiger partial charge >= 0.3 is 5.97 Å². The van der Waals surface area contributed by atoms with E-state index in [4.69, 9.17) is 0 Å². The van der Waals surface area contributed by atoms with Crippen molar-refractivity contribution in [3.63, 3.8) is 0 Å². The van der Waals surface area contributed by atoms with Crippen molar-refractivity contribution in [1.82, 2.24) is 4.98 Å². The van der Waals surface area contributed by atoms with E-state index in [1.165, 1.54) is 24.1 Å². The molecule has 2 rings (SSSR count). The van der Waals surface area contributed by atoms with Crippen LogP contribution in [-0.2, 0) is 11.2 Å². The van der Waals surface area contributed by atoms with E-state index in [1.807, 2.05) is 12.4 Å². The Hall–Kier alpha value is -0.900. The van der Waals surface area contributed by atoms with Crippen LogP contribution in [0.15, 0.2) is 5.51 Å². The molecule has 0 saturated heterocycles. The van der Waals surface area contributed by atoms with Gasteiger partial charge in [0.15, 0.2) is 0 Å².